The Hall–Kier alpha value is -1.15. The van der Waals surface area contributed by atoms with Crippen LogP contribution < -0.4 is 0 Å². The Labute approximate surface area is 149 Å². The lowest BCUT2D eigenvalue weighted by molar-refractivity contribution is -0.147. The highest BCUT2D eigenvalue weighted by Gasteiger charge is 2.56. The van der Waals surface area contributed by atoms with Crippen molar-refractivity contribution >= 4 is 21.9 Å². The zero-order chi connectivity index (χ0) is 18.2. The van der Waals surface area contributed by atoms with Crippen molar-refractivity contribution in [2.75, 3.05) is 25.4 Å². The molecule has 3 aliphatic rings. The predicted molar refractivity (Wildman–Crippen MR) is 92.3 cm³/mol. The van der Waals surface area contributed by atoms with Crippen molar-refractivity contribution in [2.24, 2.45) is 17.8 Å². The molecule has 1 aliphatic heterocycles. The van der Waals surface area contributed by atoms with Gasteiger partial charge >= 0.3 is 5.97 Å². The summed E-state index contributed by atoms with van der Waals surface area (Å²) >= 11 is 0. The Balaban J connectivity index is 1.66. The van der Waals surface area contributed by atoms with Crippen molar-refractivity contribution in [3.05, 3.63) is 0 Å². The van der Waals surface area contributed by atoms with E-state index < -0.39 is 16.0 Å². The summed E-state index contributed by atoms with van der Waals surface area (Å²) in [6.45, 7) is 2.07. The summed E-state index contributed by atoms with van der Waals surface area (Å²) in [5, 5.41) is 9.24. The van der Waals surface area contributed by atoms with Gasteiger partial charge in [0.2, 0.25) is 15.9 Å². The molecular formula is C17H28N2O5S. The molecular weight excluding hydrogens is 344 g/mol. The highest BCUT2D eigenvalue weighted by molar-refractivity contribution is 7.89. The van der Waals surface area contributed by atoms with Crippen LogP contribution in [0.15, 0.2) is 0 Å². The van der Waals surface area contributed by atoms with Crippen LogP contribution in [0.3, 0.4) is 0 Å². The fourth-order valence-electron chi connectivity index (χ4n) is 4.70. The highest BCUT2D eigenvalue weighted by atomic mass is 32.2. The molecule has 2 aliphatic carbocycles. The average Bonchev–Trinajstić information content (AvgIpc) is 3.33. The van der Waals surface area contributed by atoms with E-state index in [9.17, 15) is 23.1 Å². The number of nitrogens with zero attached hydrogens (tertiary/aromatic N) is 2. The summed E-state index contributed by atoms with van der Waals surface area (Å²) in [6.07, 6.45) is 5.51. The first-order valence-corrected chi connectivity index (χ1v) is 11.0. The molecule has 0 aromatic carbocycles. The third kappa shape index (κ3) is 3.84. The summed E-state index contributed by atoms with van der Waals surface area (Å²) in [5.41, 5.74) is 0. The highest BCUT2D eigenvalue weighted by Crippen LogP contribution is 2.56. The van der Waals surface area contributed by atoms with E-state index in [1.165, 1.54) is 9.21 Å². The SMILES string of the molecule is CCS(=O)(=O)N1CCC(N(CC(=O)O)C(=O)C2C3CCCCC32)CC1. The minimum atomic E-state index is -3.22. The van der Waals surface area contributed by atoms with Gasteiger partial charge in [-0.15, -0.1) is 0 Å². The van der Waals surface area contributed by atoms with Gasteiger partial charge in [-0.2, -0.15) is 0 Å². The van der Waals surface area contributed by atoms with Crippen molar-refractivity contribution < 1.29 is 23.1 Å². The third-order valence-corrected chi connectivity index (χ3v) is 8.03. The largest absolute Gasteiger partial charge is 0.480 e. The molecule has 2 atom stereocenters. The van der Waals surface area contributed by atoms with Crippen molar-refractivity contribution in [1.82, 2.24) is 9.21 Å². The average molecular weight is 372 g/mol. The van der Waals surface area contributed by atoms with E-state index in [2.05, 4.69) is 0 Å². The Bertz CT molecular complexity index is 615. The zero-order valence-electron chi connectivity index (χ0n) is 14.8. The molecule has 0 aromatic rings. The lowest BCUT2D eigenvalue weighted by Gasteiger charge is -2.37. The smallest absolute Gasteiger partial charge is 0.323 e. The molecule has 3 rings (SSSR count). The first-order chi connectivity index (χ1) is 11.8. The van der Waals surface area contributed by atoms with Crippen LogP contribution in [-0.4, -0.2) is 66.0 Å². The number of hydrogen-bond donors (Lipinski definition) is 1. The Morgan fingerprint density at radius 3 is 2.12 bits per heavy atom. The topological polar surface area (TPSA) is 95.0 Å². The fourth-order valence-corrected chi connectivity index (χ4v) is 5.83. The van der Waals surface area contributed by atoms with Crippen LogP contribution in [0.2, 0.25) is 0 Å². The van der Waals surface area contributed by atoms with Gasteiger partial charge in [-0.3, -0.25) is 9.59 Å². The van der Waals surface area contributed by atoms with Crippen molar-refractivity contribution in [1.29, 1.82) is 0 Å². The fraction of sp³-hybridized carbons (Fsp3) is 0.882. The Morgan fingerprint density at radius 1 is 1.08 bits per heavy atom. The second-order valence-corrected chi connectivity index (χ2v) is 9.79. The molecule has 3 fully saturated rings. The number of hydrogen-bond acceptors (Lipinski definition) is 4. The molecule has 2 unspecified atom stereocenters. The number of fused-ring (bicyclic) bond motifs is 1. The zero-order valence-corrected chi connectivity index (χ0v) is 15.6. The number of carbonyl (C=O) groups excluding carboxylic acids is 1. The van der Waals surface area contributed by atoms with Crippen molar-refractivity contribution in [3.63, 3.8) is 0 Å². The molecule has 1 amide bonds. The van der Waals surface area contributed by atoms with Gasteiger partial charge < -0.3 is 10.0 Å². The van der Waals surface area contributed by atoms with E-state index >= 15 is 0 Å². The first kappa shape index (κ1) is 18.6. The van der Waals surface area contributed by atoms with Crippen molar-refractivity contribution in [3.8, 4) is 0 Å². The van der Waals surface area contributed by atoms with Crippen LogP contribution in [0.1, 0.15) is 45.4 Å². The molecule has 0 bridgehead atoms. The van der Waals surface area contributed by atoms with Gasteiger partial charge in [0.25, 0.3) is 0 Å². The van der Waals surface area contributed by atoms with Crippen LogP contribution in [0.25, 0.3) is 0 Å². The number of carboxylic acids is 1. The van der Waals surface area contributed by atoms with E-state index in [0.29, 0.717) is 37.8 Å². The summed E-state index contributed by atoms with van der Waals surface area (Å²) in [4.78, 5) is 25.8. The van der Waals surface area contributed by atoms with Crippen LogP contribution in [0.5, 0.6) is 0 Å². The monoisotopic (exact) mass is 372 g/mol. The molecule has 8 heteroatoms. The second kappa shape index (κ2) is 7.23. The Kier molecular flexibility index (Phi) is 5.39. The molecule has 142 valence electrons. The number of rotatable bonds is 6. The van der Waals surface area contributed by atoms with E-state index in [1.807, 2.05) is 0 Å². The van der Waals surface area contributed by atoms with Gasteiger partial charge in [0, 0.05) is 25.0 Å². The molecule has 2 saturated carbocycles. The summed E-state index contributed by atoms with van der Waals surface area (Å²) in [5.74, 6) is -0.0620. The molecule has 1 heterocycles. The number of carboxylic acid groups (broad SMARTS) is 1. The second-order valence-electron chi connectivity index (χ2n) is 7.53. The van der Waals surface area contributed by atoms with E-state index in [0.717, 1.165) is 25.7 Å². The normalized spacial score (nSPS) is 30.5. The molecule has 25 heavy (non-hydrogen) atoms. The van der Waals surface area contributed by atoms with Gasteiger partial charge in [0.15, 0.2) is 0 Å². The maximum atomic E-state index is 13.0. The summed E-state index contributed by atoms with van der Waals surface area (Å²) in [7, 11) is -3.22. The first-order valence-electron chi connectivity index (χ1n) is 9.35. The molecule has 1 saturated heterocycles. The standard InChI is InChI=1S/C17H28N2O5S/c1-2-25(23,24)18-9-7-12(8-10-18)19(11-15(20)21)17(22)16-13-5-3-4-6-14(13)16/h12-14,16H,2-11H2,1H3,(H,20,21). The van der Waals surface area contributed by atoms with Crippen LogP contribution >= 0.6 is 0 Å². The lowest BCUT2D eigenvalue weighted by Crippen LogP contribution is -2.51. The molecule has 0 spiro atoms. The number of aliphatic carboxylic acids is 1. The number of amides is 1. The molecule has 0 radical (unpaired) electrons. The maximum absolute atomic E-state index is 13.0. The van der Waals surface area contributed by atoms with Gasteiger partial charge in [0.1, 0.15) is 6.54 Å². The molecule has 0 aromatic heterocycles. The van der Waals surface area contributed by atoms with Gasteiger partial charge in [-0.25, -0.2) is 12.7 Å². The quantitative estimate of drug-likeness (QED) is 0.755. The van der Waals surface area contributed by atoms with Gasteiger partial charge in [-0.05, 0) is 44.4 Å². The number of sulfonamides is 1. The van der Waals surface area contributed by atoms with Crippen LogP contribution in [0.4, 0.5) is 0 Å². The molecule has 7 nitrogen and oxygen atoms in total. The van der Waals surface area contributed by atoms with E-state index in [-0.39, 0.29) is 30.2 Å². The summed E-state index contributed by atoms with van der Waals surface area (Å²) < 4.78 is 25.4. The molecule has 1 N–H and O–H groups in total. The number of piperidine rings is 1. The Morgan fingerprint density at radius 2 is 1.64 bits per heavy atom. The van der Waals surface area contributed by atoms with Crippen LogP contribution in [0, 0.1) is 17.8 Å². The van der Waals surface area contributed by atoms with Crippen molar-refractivity contribution in [2.45, 2.75) is 51.5 Å². The van der Waals surface area contributed by atoms with Gasteiger partial charge in [0.05, 0.1) is 5.75 Å². The minimum absolute atomic E-state index is 0.000691. The van der Waals surface area contributed by atoms with Gasteiger partial charge in [-0.1, -0.05) is 12.8 Å². The van der Waals surface area contributed by atoms with Crippen LogP contribution in [-0.2, 0) is 19.6 Å². The van der Waals surface area contributed by atoms with E-state index in [4.69, 9.17) is 0 Å². The predicted octanol–water partition coefficient (Wildman–Crippen LogP) is 1.15. The third-order valence-electron chi connectivity index (χ3n) is 6.15. The lowest BCUT2D eigenvalue weighted by atomic mass is 10.0. The summed E-state index contributed by atoms with van der Waals surface area (Å²) in [6, 6.07) is -0.172. The van der Waals surface area contributed by atoms with E-state index in [1.54, 1.807) is 6.92 Å². The number of carbonyl (C=O) groups is 2. The minimum Gasteiger partial charge on any atom is -0.480 e. The maximum Gasteiger partial charge on any atom is 0.323 e.